The molecule has 1 aromatic carbocycles. The van der Waals surface area contributed by atoms with E-state index in [-0.39, 0.29) is 0 Å². The van der Waals surface area contributed by atoms with Gasteiger partial charge < -0.3 is 10.1 Å². The second kappa shape index (κ2) is 5.80. The van der Waals surface area contributed by atoms with Crippen molar-refractivity contribution in [3.8, 4) is 5.88 Å². The average Bonchev–Trinajstić information content (AvgIpc) is 2.78. The third-order valence-electron chi connectivity index (χ3n) is 4.33. The van der Waals surface area contributed by atoms with E-state index in [4.69, 9.17) is 4.74 Å². The minimum absolute atomic E-state index is 0.749. The third-order valence-corrected chi connectivity index (χ3v) is 4.33. The van der Waals surface area contributed by atoms with E-state index in [0.717, 1.165) is 23.7 Å². The summed E-state index contributed by atoms with van der Waals surface area (Å²) in [4.78, 5) is 0. The van der Waals surface area contributed by atoms with Gasteiger partial charge in [-0.1, -0.05) is 12.1 Å². The van der Waals surface area contributed by atoms with Crippen LogP contribution in [0, 0.1) is 6.92 Å². The van der Waals surface area contributed by atoms with Gasteiger partial charge in [-0.3, -0.25) is 0 Å². The van der Waals surface area contributed by atoms with Crippen molar-refractivity contribution in [2.75, 3.05) is 12.4 Å². The zero-order chi connectivity index (χ0) is 14.8. The van der Waals surface area contributed by atoms with Crippen molar-refractivity contribution in [2.24, 2.45) is 7.05 Å². The van der Waals surface area contributed by atoms with Crippen LogP contribution in [0.5, 0.6) is 5.88 Å². The monoisotopic (exact) mass is 285 g/mol. The van der Waals surface area contributed by atoms with Crippen LogP contribution in [0.2, 0.25) is 0 Å². The molecule has 0 fully saturated rings. The van der Waals surface area contributed by atoms with E-state index in [2.05, 4.69) is 28.6 Å². The van der Waals surface area contributed by atoms with Gasteiger partial charge in [-0.05, 0) is 49.8 Å². The van der Waals surface area contributed by atoms with Gasteiger partial charge in [0, 0.05) is 19.3 Å². The number of aromatic nitrogens is 2. The summed E-state index contributed by atoms with van der Waals surface area (Å²) in [5.41, 5.74) is 6.41. The molecule has 1 N–H and O–H groups in total. The highest BCUT2D eigenvalue weighted by atomic mass is 16.5. The van der Waals surface area contributed by atoms with Crippen LogP contribution in [0.4, 0.5) is 5.69 Å². The molecule has 1 heterocycles. The van der Waals surface area contributed by atoms with Gasteiger partial charge in [0.15, 0.2) is 0 Å². The Bertz CT molecular complexity index is 646. The lowest BCUT2D eigenvalue weighted by molar-refractivity contribution is 0.370. The molecule has 112 valence electrons. The fourth-order valence-electron chi connectivity index (χ4n) is 3.27. The summed E-state index contributed by atoms with van der Waals surface area (Å²) in [5, 5.41) is 8.02. The van der Waals surface area contributed by atoms with Gasteiger partial charge >= 0.3 is 0 Å². The topological polar surface area (TPSA) is 39.1 Å². The lowest BCUT2D eigenvalue weighted by Crippen LogP contribution is -2.09. The van der Waals surface area contributed by atoms with Gasteiger partial charge in [0.2, 0.25) is 5.88 Å². The Labute approximate surface area is 126 Å². The molecular formula is C17H23N3O. The van der Waals surface area contributed by atoms with Crippen molar-refractivity contribution in [3.63, 3.8) is 0 Å². The normalized spacial score (nSPS) is 13.9. The zero-order valence-corrected chi connectivity index (χ0v) is 13.1. The van der Waals surface area contributed by atoms with Crippen molar-refractivity contribution in [1.82, 2.24) is 9.78 Å². The number of anilines is 1. The molecule has 1 aliphatic carbocycles. The van der Waals surface area contributed by atoms with Gasteiger partial charge in [0.05, 0.1) is 18.4 Å². The minimum atomic E-state index is 0.749. The van der Waals surface area contributed by atoms with Crippen molar-refractivity contribution < 1.29 is 4.74 Å². The van der Waals surface area contributed by atoms with Crippen LogP contribution in [0.3, 0.4) is 0 Å². The first-order valence-electron chi connectivity index (χ1n) is 7.62. The molecule has 21 heavy (non-hydrogen) atoms. The van der Waals surface area contributed by atoms with Crippen LogP contribution in [0.1, 0.15) is 35.2 Å². The predicted molar refractivity (Wildman–Crippen MR) is 84.9 cm³/mol. The Morgan fingerprint density at radius 1 is 1.29 bits per heavy atom. The second-order valence-electron chi connectivity index (χ2n) is 5.70. The Kier molecular flexibility index (Phi) is 3.86. The van der Waals surface area contributed by atoms with Crippen molar-refractivity contribution >= 4 is 5.69 Å². The summed E-state index contributed by atoms with van der Waals surface area (Å²) in [5.74, 6) is 0.838. The molecule has 0 spiro atoms. The summed E-state index contributed by atoms with van der Waals surface area (Å²) in [6, 6.07) is 6.59. The highest BCUT2D eigenvalue weighted by molar-refractivity contribution is 5.56. The smallest absolute Gasteiger partial charge is 0.216 e. The van der Waals surface area contributed by atoms with E-state index >= 15 is 0 Å². The van der Waals surface area contributed by atoms with Gasteiger partial charge in [-0.2, -0.15) is 5.10 Å². The van der Waals surface area contributed by atoms with Gasteiger partial charge in [-0.15, -0.1) is 0 Å². The predicted octanol–water partition coefficient (Wildman–Crippen LogP) is 3.23. The molecule has 0 radical (unpaired) electrons. The minimum Gasteiger partial charge on any atom is -0.481 e. The number of hydrogen-bond donors (Lipinski definition) is 1. The number of benzene rings is 1. The van der Waals surface area contributed by atoms with E-state index < -0.39 is 0 Å². The SMILES string of the molecule is COc1c(CNc2cccc3c2CCCC3)c(C)nn1C. The summed E-state index contributed by atoms with van der Waals surface area (Å²) in [6.45, 7) is 2.78. The number of nitrogens with one attached hydrogen (secondary N) is 1. The van der Waals surface area contributed by atoms with Crippen LogP contribution in [0.15, 0.2) is 18.2 Å². The molecule has 0 unspecified atom stereocenters. The fourth-order valence-corrected chi connectivity index (χ4v) is 3.27. The molecule has 1 aromatic heterocycles. The number of aryl methyl sites for hydroxylation is 3. The van der Waals surface area contributed by atoms with Gasteiger partial charge in [0.25, 0.3) is 0 Å². The van der Waals surface area contributed by atoms with Crippen LogP contribution < -0.4 is 10.1 Å². The lowest BCUT2D eigenvalue weighted by atomic mass is 9.90. The van der Waals surface area contributed by atoms with Crippen LogP contribution >= 0.6 is 0 Å². The summed E-state index contributed by atoms with van der Waals surface area (Å²) in [7, 11) is 3.62. The first-order chi connectivity index (χ1) is 10.2. The molecule has 0 atom stereocenters. The summed E-state index contributed by atoms with van der Waals surface area (Å²) < 4.78 is 7.26. The number of ether oxygens (including phenoxy) is 1. The largest absolute Gasteiger partial charge is 0.481 e. The van der Waals surface area contributed by atoms with E-state index in [1.54, 1.807) is 11.8 Å². The molecule has 0 saturated carbocycles. The molecule has 0 bridgehead atoms. The summed E-state index contributed by atoms with van der Waals surface area (Å²) >= 11 is 0. The van der Waals surface area contributed by atoms with E-state index in [9.17, 15) is 0 Å². The first-order valence-corrected chi connectivity index (χ1v) is 7.62. The maximum atomic E-state index is 5.46. The number of nitrogens with zero attached hydrogens (tertiary/aromatic N) is 2. The Balaban J connectivity index is 1.83. The second-order valence-corrected chi connectivity index (χ2v) is 5.70. The van der Waals surface area contributed by atoms with E-state index in [1.807, 2.05) is 14.0 Å². The molecule has 0 amide bonds. The van der Waals surface area contributed by atoms with Crippen LogP contribution in [-0.4, -0.2) is 16.9 Å². The maximum absolute atomic E-state index is 5.46. The molecule has 4 heteroatoms. The Hall–Kier alpha value is -1.97. The molecule has 2 aromatic rings. The van der Waals surface area contributed by atoms with Crippen molar-refractivity contribution in [1.29, 1.82) is 0 Å². The molecular weight excluding hydrogens is 262 g/mol. The quantitative estimate of drug-likeness (QED) is 0.937. The third kappa shape index (κ3) is 2.62. The molecule has 4 nitrogen and oxygen atoms in total. The number of fused-ring (bicyclic) bond motifs is 1. The number of hydrogen-bond acceptors (Lipinski definition) is 3. The fraction of sp³-hybridized carbons (Fsp3) is 0.471. The highest BCUT2D eigenvalue weighted by Gasteiger charge is 2.16. The number of methoxy groups -OCH3 is 1. The van der Waals surface area contributed by atoms with Crippen LogP contribution in [-0.2, 0) is 26.4 Å². The molecule has 1 aliphatic rings. The summed E-state index contributed by atoms with van der Waals surface area (Å²) in [6.07, 6.45) is 4.99. The van der Waals surface area contributed by atoms with E-state index in [0.29, 0.717) is 0 Å². The lowest BCUT2D eigenvalue weighted by Gasteiger charge is -2.20. The average molecular weight is 285 g/mol. The van der Waals surface area contributed by atoms with Crippen molar-refractivity contribution in [2.45, 2.75) is 39.2 Å². The van der Waals surface area contributed by atoms with Gasteiger partial charge in [-0.25, -0.2) is 4.68 Å². The highest BCUT2D eigenvalue weighted by Crippen LogP contribution is 2.29. The Morgan fingerprint density at radius 2 is 2.10 bits per heavy atom. The molecule has 3 rings (SSSR count). The number of rotatable bonds is 4. The van der Waals surface area contributed by atoms with Crippen LogP contribution in [0.25, 0.3) is 0 Å². The Morgan fingerprint density at radius 3 is 2.90 bits per heavy atom. The maximum Gasteiger partial charge on any atom is 0.216 e. The zero-order valence-electron chi connectivity index (χ0n) is 13.1. The van der Waals surface area contributed by atoms with Crippen molar-refractivity contribution in [3.05, 3.63) is 40.6 Å². The first kappa shape index (κ1) is 14.0. The van der Waals surface area contributed by atoms with E-state index in [1.165, 1.54) is 42.5 Å². The standard InChI is InChI=1S/C17H23N3O/c1-12-15(17(21-3)20(2)19-12)11-18-16-10-6-8-13-7-4-5-9-14(13)16/h6,8,10,18H,4-5,7,9,11H2,1-3H3. The van der Waals surface area contributed by atoms with Gasteiger partial charge in [0.1, 0.15) is 0 Å². The molecule has 0 aliphatic heterocycles. The molecule has 0 saturated heterocycles.